The van der Waals surface area contributed by atoms with Gasteiger partial charge in [-0.3, -0.25) is 4.79 Å². The highest BCUT2D eigenvalue weighted by Crippen LogP contribution is 2.21. The molecule has 0 saturated carbocycles. The van der Waals surface area contributed by atoms with Gasteiger partial charge in [0.25, 0.3) is 0 Å². The van der Waals surface area contributed by atoms with Gasteiger partial charge < -0.3 is 4.74 Å². The summed E-state index contributed by atoms with van der Waals surface area (Å²) in [5.74, 6) is -0.614. The molecule has 0 heterocycles. The summed E-state index contributed by atoms with van der Waals surface area (Å²) in [6.45, 7) is 0. The van der Waals surface area contributed by atoms with Crippen molar-refractivity contribution < 1.29 is 13.9 Å². The minimum Gasteiger partial charge on any atom is -0.494 e. The number of carbonyl (C=O) groups is 1. The zero-order valence-corrected chi connectivity index (χ0v) is 11.1. The van der Waals surface area contributed by atoms with Crippen LogP contribution in [0.5, 0.6) is 5.75 Å². The van der Waals surface area contributed by atoms with Gasteiger partial charge in [0.2, 0.25) is 0 Å². The van der Waals surface area contributed by atoms with Gasteiger partial charge in [-0.15, -0.1) is 0 Å². The quantitative estimate of drug-likeness (QED) is 0.793. The second-order valence-electron chi connectivity index (χ2n) is 4.04. The van der Waals surface area contributed by atoms with Gasteiger partial charge in [0.15, 0.2) is 17.3 Å². The standard InChI is InChI=1S/C15H12ClFO2/c1-19-15-7-6-11(8-13(15)17)14(18)9-10-4-2-3-5-12(10)16/h2-8H,9H2,1H3. The molecule has 0 aliphatic heterocycles. The van der Waals surface area contributed by atoms with E-state index in [1.807, 2.05) is 6.07 Å². The Bertz CT molecular complexity index is 611. The Morgan fingerprint density at radius 3 is 2.63 bits per heavy atom. The normalized spacial score (nSPS) is 10.3. The molecule has 0 fully saturated rings. The van der Waals surface area contributed by atoms with Crippen LogP contribution in [0, 0.1) is 5.82 Å². The van der Waals surface area contributed by atoms with Gasteiger partial charge in [-0.1, -0.05) is 29.8 Å². The second kappa shape index (κ2) is 5.85. The predicted molar refractivity (Wildman–Crippen MR) is 72.4 cm³/mol. The van der Waals surface area contributed by atoms with E-state index in [1.165, 1.54) is 19.2 Å². The molecule has 0 saturated heterocycles. The van der Waals surface area contributed by atoms with E-state index in [0.29, 0.717) is 10.6 Å². The molecule has 0 radical (unpaired) electrons. The summed E-state index contributed by atoms with van der Waals surface area (Å²) in [4.78, 5) is 12.1. The summed E-state index contributed by atoms with van der Waals surface area (Å²) in [5, 5.41) is 0.532. The Hall–Kier alpha value is -1.87. The first-order chi connectivity index (χ1) is 9.11. The average Bonchev–Trinajstić information content (AvgIpc) is 2.41. The summed E-state index contributed by atoms with van der Waals surface area (Å²) in [6.07, 6.45) is 0.144. The molecule has 0 bridgehead atoms. The fourth-order valence-electron chi connectivity index (χ4n) is 1.76. The highest BCUT2D eigenvalue weighted by atomic mass is 35.5. The van der Waals surface area contributed by atoms with Crippen LogP contribution in [0.25, 0.3) is 0 Å². The molecular weight excluding hydrogens is 267 g/mol. The van der Waals surface area contributed by atoms with E-state index in [0.717, 1.165) is 5.56 Å². The Morgan fingerprint density at radius 1 is 1.26 bits per heavy atom. The lowest BCUT2D eigenvalue weighted by Gasteiger charge is -2.06. The Morgan fingerprint density at radius 2 is 2.00 bits per heavy atom. The number of methoxy groups -OCH3 is 1. The van der Waals surface area contributed by atoms with Crippen LogP contribution in [0.15, 0.2) is 42.5 Å². The number of Topliss-reactive ketones (excluding diaryl/α,β-unsaturated/α-hetero) is 1. The zero-order valence-electron chi connectivity index (χ0n) is 10.3. The van der Waals surface area contributed by atoms with E-state index in [4.69, 9.17) is 16.3 Å². The van der Waals surface area contributed by atoms with Crippen molar-refractivity contribution in [1.82, 2.24) is 0 Å². The number of carbonyl (C=O) groups excluding carboxylic acids is 1. The third-order valence-corrected chi connectivity index (χ3v) is 3.15. The Labute approximate surface area is 115 Å². The molecule has 2 nitrogen and oxygen atoms in total. The van der Waals surface area contributed by atoms with Gasteiger partial charge in [-0.05, 0) is 29.8 Å². The van der Waals surface area contributed by atoms with Crippen LogP contribution in [0.2, 0.25) is 5.02 Å². The molecule has 0 aliphatic rings. The zero-order chi connectivity index (χ0) is 13.8. The number of ether oxygens (including phenoxy) is 1. The van der Waals surface area contributed by atoms with Crippen molar-refractivity contribution in [2.75, 3.05) is 7.11 Å². The number of ketones is 1. The lowest BCUT2D eigenvalue weighted by molar-refractivity contribution is 0.0992. The van der Waals surface area contributed by atoms with Crippen LogP contribution >= 0.6 is 11.6 Å². The number of halogens is 2. The number of rotatable bonds is 4. The highest BCUT2D eigenvalue weighted by Gasteiger charge is 2.12. The summed E-state index contributed by atoms with van der Waals surface area (Å²) in [6, 6.07) is 11.3. The fourth-order valence-corrected chi connectivity index (χ4v) is 1.96. The fraction of sp³-hybridized carbons (Fsp3) is 0.133. The van der Waals surface area contributed by atoms with E-state index in [-0.39, 0.29) is 18.0 Å². The van der Waals surface area contributed by atoms with E-state index >= 15 is 0 Å². The van der Waals surface area contributed by atoms with Crippen LogP contribution in [-0.4, -0.2) is 12.9 Å². The SMILES string of the molecule is COc1ccc(C(=O)Cc2ccccc2Cl)cc1F. The minimum atomic E-state index is -0.549. The molecule has 0 spiro atoms. The van der Waals surface area contributed by atoms with Gasteiger partial charge in [0, 0.05) is 17.0 Å². The first kappa shape index (κ1) is 13.6. The second-order valence-corrected chi connectivity index (χ2v) is 4.45. The lowest BCUT2D eigenvalue weighted by Crippen LogP contribution is -2.05. The van der Waals surface area contributed by atoms with E-state index in [2.05, 4.69) is 0 Å². The number of hydrogen-bond acceptors (Lipinski definition) is 2. The molecule has 2 aromatic carbocycles. The first-order valence-electron chi connectivity index (χ1n) is 5.72. The van der Waals surface area contributed by atoms with Crippen molar-refractivity contribution in [3.8, 4) is 5.75 Å². The summed E-state index contributed by atoms with van der Waals surface area (Å²) in [7, 11) is 1.38. The van der Waals surface area contributed by atoms with Gasteiger partial charge in [-0.25, -0.2) is 4.39 Å². The molecule has 0 atom stereocenters. The van der Waals surface area contributed by atoms with Crippen molar-refractivity contribution in [2.24, 2.45) is 0 Å². The van der Waals surface area contributed by atoms with Gasteiger partial charge in [-0.2, -0.15) is 0 Å². The lowest BCUT2D eigenvalue weighted by atomic mass is 10.0. The molecule has 98 valence electrons. The van der Waals surface area contributed by atoms with E-state index < -0.39 is 5.82 Å². The molecule has 4 heteroatoms. The van der Waals surface area contributed by atoms with Crippen LogP contribution < -0.4 is 4.74 Å². The van der Waals surface area contributed by atoms with Gasteiger partial charge >= 0.3 is 0 Å². The third kappa shape index (κ3) is 3.12. The number of benzene rings is 2. The molecule has 0 N–H and O–H groups in total. The maximum Gasteiger partial charge on any atom is 0.167 e. The maximum absolute atomic E-state index is 13.5. The minimum absolute atomic E-state index is 0.120. The van der Waals surface area contributed by atoms with Crippen LogP contribution in [-0.2, 0) is 6.42 Å². The molecule has 0 aliphatic carbocycles. The Kier molecular flexibility index (Phi) is 4.17. The molecule has 0 amide bonds. The molecular formula is C15H12ClFO2. The van der Waals surface area contributed by atoms with Crippen molar-refractivity contribution in [3.63, 3.8) is 0 Å². The summed E-state index contributed by atoms with van der Waals surface area (Å²) >= 11 is 5.99. The summed E-state index contributed by atoms with van der Waals surface area (Å²) < 4.78 is 18.3. The first-order valence-corrected chi connectivity index (χ1v) is 6.09. The maximum atomic E-state index is 13.5. The molecule has 2 rings (SSSR count). The van der Waals surface area contributed by atoms with E-state index in [1.54, 1.807) is 24.3 Å². The van der Waals surface area contributed by atoms with Crippen molar-refractivity contribution in [3.05, 3.63) is 64.4 Å². The average molecular weight is 279 g/mol. The molecule has 0 aromatic heterocycles. The monoisotopic (exact) mass is 278 g/mol. The highest BCUT2D eigenvalue weighted by molar-refractivity contribution is 6.31. The van der Waals surface area contributed by atoms with Crippen molar-refractivity contribution in [2.45, 2.75) is 6.42 Å². The van der Waals surface area contributed by atoms with Gasteiger partial charge in [0.1, 0.15) is 0 Å². The van der Waals surface area contributed by atoms with Crippen LogP contribution in [0.3, 0.4) is 0 Å². The number of hydrogen-bond donors (Lipinski definition) is 0. The topological polar surface area (TPSA) is 26.3 Å². The molecule has 19 heavy (non-hydrogen) atoms. The predicted octanol–water partition coefficient (Wildman–Crippen LogP) is 3.91. The van der Waals surface area contributed by atoms with Crippen molar-refractivity contribution in [1.29, 1.82) is 0 Å². The third-order valence-electron chi connectivity index (χ3n) is 2.78. The Balaban J connectivity index is 2.21. The smallest absolute Gasteiger partial charge is 0.167 e. The van der Waals surface area contributed by atoms with Crippen LogP contribution in [0.4, 0.5) is 4.39 Å². The van der Waals surface area contributed by atoms with Crippen molar-refractivity contribution >= 4 is 17.4 Å². The molecule has 0 unspecified atom stereocenters. The largest absolute Gasteiger partial charge is 0.494 e. The van der Waals surface area contributed by atoms with Gasteiger partial charge in [0.05, 0.1) is 7.11 Å². The summed E-state index contributed by atoms with van der Waals surface area (Å²) in [5.41, 5.74) is 1.03. The van der Waals surface area contributed by atoms with Crippen LogP contribution in [0.1, 0.15) is 15.9 Å². The van der Waals surface area contributed by atoms with E-state index in [9.17, 15) is 9.18 Å². The molecule has 2 aromatic rings.